The van der Waals surface area contributed by atoms with Gasteiger partial charge in [-0.05, 0) is 62.9 Å². The smallest absolute Gasteiger partial charge is 0.319 e. The van der Waals surface area contributed by atoms with Gasteiger partial charge in [-0.2, -0.15) is 5.26 Å². The van der Waals surface area contributed by atoms with Gasteiger partial charge in [0.25, 0.3) is 0 Å². The molecule has 2 aromatic rings. The van der Waals surface area contributed by atoms with E-state index in [9.17, 15) is 4.79 Å². The summed E-state index contributed by atoms with van der Waals surface area (Å²) in [5, 5.41) is 14.7. The molecule has 0 atom stereocenters. The van der Waals surface area contributed by atoms with Gasteiger partial charge in [-0.1, -0.05) is 0 Å². The number of carbonyl (C=O) groups excluding carboxylic acids is 1. The van der Waals surface area contributed by atoms with Crippen LogP contribution >= 0.6 is 0 Å². The summed E-state index contributed by atoms with van der Waals surface area (Å²) in [7, 11) is 0. The summed E-state index contributed by atoms with van der Waals surface area (Å²) < 4.78 is 11.3. The summed E-state index contributed by atoms with van der Waals surface area (Å²) in [6.45, 7) is 2.54. The van der Waals surface area contributed by atoms with Crippen LogP contribution in [0, 0.1) is 11.3 Å². The van der Waals surface area contributed by atoms with Crippen LogP contribution in [0.3, 0.4) is 0 Å². The van der Waals surface area contributed by atoms with Crippen LogP contribution in [-0.4, -0.2) is 29.8 Å². The summed E-state index contributed by atoms with van der Waals surface area (Å²) in [5.74, 6) is 1.31. The maximum atomic E-state index is 12.2. The first-order chi connectivity index (χ1) is 13.7. The fraction of sp³-hybridized carbons (Fsp3) is 0.381. The minimum absolute atomic E-state index is 0.0765. The summed E-state index contributed by atoms with van der Waals surface area (Å²) in [6, 6.07) is 12.7. The van der Waals surface area contributed by atoms with Crippen molar-refractivity contribution in [2.24, 2.45) is 0 Å². The van der Waals surface area contributed by atoms with Crippen molar-refractivity contribution >= 4 is 11.7 Å². The predicted molar refractivity (Wildman–Crippen MR) is 105 cm³/mol. The number of ether oxygens (including phenoxy) is 2. The summed E-state index contributed by atoms with van der Waals surface area (Å²) in [4.78, 5) is 16.3. The zero-order valence-electron chi connectivity index (χ0n) is 15.9. The van der Waals surface area contributed by atoms with Crippen LogP contribution in [0.4, 0.5) is 10.5 Å². The summed E-state index contributed by atoms with van der Waals surface area (Å²) in [6.07, 6.45) is 4.96. The highest BCUT2D eigenvalue weighted by Gasteiger charge is 2.24. The maximum Gasteiger partial charge on any atom is 0.319 e. The molecule has 7 nitrogen and oxygen atoms in total. The average molecular weight is 380 g/mol. The SMILES string of the molecule is CCOc1ccc(NC(=O)NC2CCC(Oc3ccc(C#N)cn3)CC2)cc1. The Bertz CT molecular complexity index is 807. The van der Waals surface area contributed by atoms with Gasteiger partial charge in [0.05, 0.1) is 12.2 Å². The number of hydrogen-bond acceptors (Lipinski definition) is 5. The number of pyridine rings is 1. The molecule has 1 aromatic carbocycles. The first-order valence-electron chi connectivity index (χ1n) is 9.49. The van der Waals surface area contributed by atoms with Gasteiger partial charge >= 0.3 is 6.03 Å². The third-order valence-corrected chi connectivity index (χ3v) is 4.59. The number of amides is 2. The second-order valence-electron chi connectivity index (χ2n) is 6.64. The number of rotatable bonds is 6. The van der Waals surface area contributed by atoms with Crippen LogP contribution in [-0.2, 0) is 0 Å². The van der Waals surface area contributed by atoms with Gasteiger partial charge in [0, 0.05) is 24.0 Å². The highest BCUT2D eigenvalue weighted by molar-refractivity contribution is 5.89. The number of aromatic nitrogens is 1. The molecule has 2 N–H and O–H groups in total. The van der Waals surface area contributed by atoms with Crippen LogP contribution in [0.2, 0.25) is 0 Å². The highest BCUT2D eigenvalue weighted by Crippen LogP contribution is 2.23. The number of urea groups is 1. The fourth-order valence-electron chi connectivity index (χ4n) is 3.17. The van der Waals surface area contributed by atoms with Gasteiger partial charge < -0.3 is 20.1 Å². The van der Waals surface area contributed by atoms with E-state index in [1.54, 1.807) is 12.1 Å². The Morgan fingerprint density at radius 1 is 1.18 bits per heavy atom. The fourth-order valence-corrected chi connectivity index (χ4v) is 3.17. The zero-order chi connectivity index (χ0) is 19.8. The van der Waals surface area contributed by atoms with E-state index in [4.69, 9.17) is 14.7 Å². The Hall–Kier alpha value is -3.27. The minimum atomic E-state index is -0.206. The Labute approximate surface area is 164 Å². The molecule has 1 aliphatic carbocycles. The molecule has 2 amide bonds. The van der Waals surface area contributed by atoms with Gasteiger partial charge in [0.1, 0.15) is 17.9 Å². The molecule has 146 valence electrons. The van der Waals surface area contributed by atoms with E-state index in [1.165, 1.54) is 6.20 Å². The van der Waals surface area contributed by atoms with E-state index < -0.39 is 0 Å². The topological polar surface area (TPSA) is 96.3 Å². The molecule has 28 heavy (non-hydrogen) atoms. The van der Waals surface area contributed by atoms with Gasteiger partial charge in [0.2, 0.25) is 5.88 Å². The Morgan fingerprint density at radius 2 is 1.93 bits per heavy atom. The van der Waals surface area contributed by atoms with Gasteiger partial charge in [0.15, 0.2) is 0 Å². The molecule has 1 aromatic heterocycles. The van der Waals surface area contributed by atoms with Crippen LogP contribution < -0.4 is 20.1 Å². The molecular weight excluding hydrogens is 356 g/mol. The second-order valence-corrected chi connectivity index (χ2v) is 6.64. The van der Waals surface area contributed by atoms with Crippen molar-refractivity contribution in [3.8, 4) is 17.7 Å². The van der Waals surface area contributed by atoms with Crippen molar-refractivity contribution in [1.82, 2.24) is 10.3 Å². The van der Waals surface area contributed by atoms with E-state index >= 15 is 0 Å². The zero-order valence-corrected chi connectivity index (χ0v) is 15.9. The lowest BCUT2D eigenvalue weighted by Gasteiger charge is -2.29. The third kappa shape index (κ3) is 5.61. The van der Waals surface area contributed by atoms with Gasteiger partial charge in [-0.3, -0.25) is 0 Å². The van der Waals surface area contributed by atoms with E-state index in [0.29, 0.717) is 18.1 Å². The Kier molecular flexibility index (Phi) is 6.68. The van der Waals surface area contributed by atoms with Crippen LogP contribution in [0.5, 0.6) is 11.6 Å². The number of anilines is 1. The molecule has 1 saturated carbocycles. The van der Waals surface area contributed by atoms with E-state index in [0.717, 1.165) is 37.1 Å². The molecule has 0 saturated heterocycles. The molecule has 0 bridgehead atoms. The molecule has 1 aliphatic rings. The first-order valence-corrected chi connectivity index (χ1v) is 9.49. The van der Waals surface area contributed by atoms with Crippen molar-refractivity contribution in [2.75, 3.05) is 11.9 Å². The highest BCUT2D eigenvalue weighted by atomic mass is 16.5. The Balaban J connectivity index is 1.40. The summed E-state index contributed by atoms with van der Waals surface area (Å²) >= 11 is 0. The third-order valence-electron chi connectivity index (χ3n) is 4.59. The van der Waals surface area contributed by atoms with Crippen molar-refractivity contribution in [3.05, 3.63) is 48.2 Å². The van der Waals surface area contributed by atoms with Crippen molar-refractivity contribution < 1.29 is 14.3 Å². The lowest BCUT2D eigenvalue weighted by atomic mass is 9.93. The predicted octanol–water partition coefficient (Wildman–Crippen LogP) is 3.86. The molecule has 0 unspecified atom stereocenters. The number of benzene rings is 1. The quantitative estimate of drug-likeness (QED) is 0.793. The Morgan fingerprint density at radius 3 is 2.54 bits per heavy atom. The molecule has 3 rings (SSSR count). The molecule has 0 aliphatic heterocycles. The number of nitrogens with one attached hydrogen (secondary N) is 2. The largest absolute Gasteiger partial charge is 0.494 e. The van der Waals surface area contributed by atoms with E-state index in [2.05, 4.69) is 15.6 Å². The molecule has 1 fully saturated rings. The molecule has 7 heteroatoms. The van der Waals surface area contributed by atoms with Crippen molar-refractivity contribution in [2.45, 2.75) is 44.8 Å². The second kappa shape index (κ2) is 9.60. The minimum Gasteiger partial charge on any atom is -0.494 e. The normalized spacial score (nSPS) is 18.6. The number of nitrogens with zero attached hydrogens (tertiary/aromatic N) is 2. The molecule has 1 heterocycles. The number of hydrogen-bond donors (Lipinski definition) is 2. The molecular formula is C21H24N4O3. The van der Waals surface area contributed by atoms with Crippen molar-refractivity contribution in [3.63, 3.8) is 0 Å². The van der Waals surface area contributed by atoms with Gasteiger partial charge in [-0.25, -0.2) is 9.78 Å². The average Bonchev–Trinajstić information content (AvgIpc) is 2.72. The lowest BCUT2D eigenvalue weighted by molar-refractivity contribution is 0.135. The van der Waals surface area contributed by atoms with Crippen molar-refractivity contribution in [1.29, 1.82) is 5.26 Å². The van der Waals surface area contributed by atoms with Crippen LogP contribution in [0.1, 0.15) is 38.2 Å². The van der Waals surface area contributed by atoms with Crippen LogP contribution in [0.15, 0.2) is 42.6 Å². The number of carbonyl (C=O) groups is 1. The standard InChI is InChI=1S/C21H24N4O3/c1-2-27-18-8-4-16(5-9-18)24-21(26)25-17-6-10-19(11-7-17)28-20-12-3-15(13-22)14-23-20/h3-5,8-9,12,14,17,19H,2,6-7,10-11H2,1H3,(H2,24,25,26). The molecule has 0 radical (unpaired) electrons. The van der Waals surface area contributed by atoms with E-state index in [-0.39, 0.29) is 18.2 Å². The van der Waals surface area contributed by atoms with Crippen LogP contribution in [0.25, 0.3) is 0 Å². The monoisotopic (exact) mass is 380 g/mol. The van der Waals surface area contributed by atoms with Gasteiger partial charge in [-0.15, -0.1) is 0 Å². The molecule has 0 spiro atoms. The maximum absolute atomic E-state index is 12.2. The number of nitriles is 1. The first kappa shape index (κ1) is 19.5. The summed E-state index contributed by atoms with van der Waals surface area (Å²) in [5.41, 5.74) is 1.24. The van der Waals surface area contributed by atoms with E-state index in [1.807, 2.05) is 37.3 Å². The lowest BCUT2D eigenvalue weighted by Crippen LogP contribution is -2.41.